The molecule has 4 heteroatoms. The van der Waals surface area contributed by atoms with Crippen LogP contribution in [0.1, 0.15) is 6.42 Å². The molecular formula is C14H14FN3. The third kappa shape index (κ3) is 1.61. The summed E-state index contributed by atoms with van der Waals surface area (Å²) in [6.07, 6.45) is 2.28. The van der Waals surface area contributed by atoms with Gasteiger partial charge in [-0.05, 0) is 36.8 Å². The number of alkyl halides is 1. The molecule has 0 aliphatic rings. The standard InChI is InChI=1S/C14H14FN3/c15-6-2-8-18-12-3-1-7-17-14(12)11-5-4-10(16)9-13(11)18/h1,3-5,7,9H,2,6,8,16H2. The Morgan fingerprint density at radius 3 is 2.94 bits per heavy atom. The zero-order valence-electron chi connectivity index (χ0n) is 9.94. The normalized spacial score (nSPS) is 11.4. The van der Waals surface area contributed by atoms with Gasteiger partial charge in [-0.1, -0.05) is 0 Å². The van der Waals surface area contributed by atoms with Gasteiger partial charge in [0.1, 0.15) is 0 Å². The van der Waals surface area contributed by atoms with Crippen molar-refractivity contribution < 1.29 is 4.39 Å². The zero-order chi connectivity index (χ0) is 12.5. The number of anilines is 1. The van der Waals surface area contributed by atoms with Gasteiger partial charge in [0.25, 0.3) is 0 Å². The van der Waals surface area contributed by atoms with E-state index in [1.165, 1.54) is 0 Å². The number of nitrogens with zero attached hydrogens (tertiary/aromatic N) is 2. The highest BCUT2D eigenvalue weighted by Gasteiger charge is 2.10. The van der Waals surface area contributed by atoms with Crippen molar-refractivity contribution in [2.45, 2.75) is 13.0 Å². The van der Waals surface area contributed by atoms with Crippen LogP contribution in [-0.4, -0.2) is 16.2 Å². The highest BCUT2D eigenvalue weighted by molar-refractivity contribution is 6.06. The first-order chi connectivity index (χ1) is 8.81. The number of hydrogen-bond donors (Lipinski definition) is 1. The maximum absolute atomic E-state index is 12.4. The summed E-state index contributed by atoms with van der Waals surface area (Å²) >= 11 is 0. The van der Waals surface area contributed by atoms with E-state index in [2.05, 4.69) is 9.55 Å². The van der Waals surface area contributed by atoms with Crippen LogP contribution in [-0.2, 0) is 6.54 Å². The van der Waals surface area contributed by atoms with E-state index in [1.807, 2.05) is 30.3 Å². The third-order valence-electron chi connectivity index (χ3n) is 3.16. The van der Waals surface area contributed by atoms with Crippen molar-refractivity contribution >= 4 is 27.6 Å². The number of hydrogen-bond acceptors (Lipinski definition) is 2. The lowest BCUT2D eigenvalue weighted by Crippen LogP contribution is -1.98. The Balaban J connectivity index is 2.35. The molecule has 0 aliphatic heterocycles. The number of pyridine rings is 1. The number of nitrogens with two attached hydrogens (primary N) is 1. The van der Waals surface area contributed by atoms with Crippen molar-refractivity contribution in [3.05, 3.63) is 36.5 Å². The van der Waals surface area contributed by atoms with E-state index in [-0.39, 0.29) is 6.67 Å². The number of aryl methyl sites for hydroxylation is 1. The molecule has 0 unspecified atom stereocenters. The fraction of sp³-hybridized carbons (Fsp3) is 0.214. The van der Waals surface area contributed by atoms with E-state index in [9.17, 15) is 4.39 Å². The van der Waals surface area contributed by atoms with E-state index in [0.29, 0.717) is 18.7 Å². The average molecular weight is 243 g/mol. The highest BCUT2D eigenvalue weighted by atomic mass is 19.1. The summed E-state index contributed by atoms with van der Waals surface area (Å²) < 4.78 is 14.5. The van der Waals surface area contributed by atoms with Crippen LogP contribution in [0, 0.1) is 0 Å². The van der Waals surface area contributed by atoms with Crippen LogP contribution >= 0.6 is 0 Å². The predicted molar refractivity (Wildman–Crippen MR) is 72.2 cm³/mol. The van der Waals surface area contributed by atoms with Gasteiger partial charge in [0.15, 0.2) is 0 Å². The van der Waals surface area contributed by atoms with Gasteiger partial charge in [0.2, 0.25) is 0 Å². The monoisotopic (exact) mass is 243 g/mol. The fourth-order valence-electron chi connectivity index (χ4n) is 2.38. The summed E-state index contributed by atoms with van der Waals surface area (Å²) in [7, 11) is 0. The van der Waals surface area contributed by atoms with Gasteiger partial charge in [-0.15, -0.1) is 0 Å². The van der Waals surface area contributed by atoms with E-state index in [0.717, 1.165) is 21.9 Å². The largest absolute Gasteiger partial charge is 0.399 e. The molecule has 0 spiro atoms. The first-order valence-electron chi connectivity index (χ1n) is 5.99. The highest BCUT2D eigenvalue weighted by Crippen LogP contribution is 2.28. The van der Waals surface area contributed by atoms with Gasteiger partial charge in [-0.3, -0.25) is 9.37 Å². The summed E-state index contributed by atoms with van der Waals surface area (Å²) in [5, 5.41) is 1.07. The third-order valence-corrected chi connectivity index (χ3v) is 3.16. The van der Waals surface area contributed by atoms with Crippen LogP contribution in [0.4, 0.5) is 10.1 Å². The van der Waals surface area contributed by atoms with Crippen molar-refractivity contribution in [2.24, 2.45) is 0 Å². The molecular weight excluding hydrogens is 229 g/mol. The van der Waals surface area contributed by atoms with Gasteiger partial charge in [-0.2, -0.15) is 0 Å². The Morgan fingerprint density at radius 2 is 2.11 bits per heavy atom. The summed E-state index contributed by atoms with van der Waals surface area (Å²) in [6.45, 7) is 0.329. The van der Waals surface area contributed by atoms with Gasteiger partial charge in [0.05, 0.1) is 23.2 Å². The SMILES string of the molecule is Nc1ccc2c3ncccc3n(CCCF)c2c1. The number of fused-ring (bicyclic) bond motifs is 3. The zero-order valence-corrected chi connectivity index (χ0v) is 9.94. The number of aromatic nitrogens is 2. The molecule has 0 amide bonds. The molecule has 0 saturated carbocycles. The second-order valence-corrected chi connectivity index (χ2v) is 4.34. The smallest absolute Gasteiger partial charge is 0.0959 e. The van der Waals surface area contributed by atoms with Gasteiger partial charge >= 0.3 is 0 Å². The molecule has 0 atom stereocenters. The first kappa shape index (κ1) is 11.0. The van der Waals surface area contributed by atoms with Crippen LogP contribution in [0.15, 0.2) is 36.5 Å². The Bertz CT molecular complexity index is 703. The predicted octanol–water partition coefficient (Wildman–Crippen LogP) is 3.13. The van der Waals surface area contributed by atoms with Crippen LogP contribution in [0.3, 0.4) is 0 Å². The Hall–Kier alpha value is -2.10. The molecule has 2 aromatic heterocycles. The van der Waals surface area contributed by atoms with E-state index in [1.54, 1.807) is 6.20 Å². The maximum Gasteiger partial charge on any atom is 0.0959 e. The van der Waals surface area contributed by atoms with Crippen molar-refractivity contribution in [3.63, 3.8) is 0 Å². The van der Waals surface area contributed by atoms with E-state index < -0.39 is 0 Å². The average Bonchev–Trinajstić information content (AvgIpc) is 2.70. The fourth-order valence-corrected chi connectivity index (χ4v) is 2.38. The Kier molecular flexibility index (Phi) is 2.63. The number of benzene rings is 1. The molecule has 0 fully saturated rings. The van der Waals surface area contributed by atoms with Gasteiger partial charge in [0, 0.05) is 23.8 Å². The minimum absolute atomic E-state index is 0.316. The molecule has 2 heterocycles. The second-order valence-electron chi connectivity index (χ2n) is 4.34. The minimum atomic E-state index is -0.316. The lowest BCUT2D eigenvalue weighted by Gasteiger charge is -2.05. The van der Waals surface area contributed by atoms with Gasteiger partial charge < -0.3 is 10.3 Å². The summed E-state index contributed by atoms with van der Waals surface area (Å²) in [5.41, 5.74) is 9.56. The second kappa shape index (κ2) is 4.29. The maximum atomic E-state index is 12.4. The molecule has 0 saturated heterocycles. The van der Waals surface area contributed by atoms with E-state index in [4.69, 9.17) is 5.73 Å². The van der Waals surface area contributed by atoms with Crippen LogP contribution < -0.4 is 5.73 Å². The molecule has 0 bridgehead atoms. The quantitative estimate of drug-likeness (QED) is 0.718. The molecule has 3 aromatic rings. The van der Waals surface area contributed by atoms with Crippen molar-refractivity contribution in [3.8, 4) is 0 Å². The molecule has 1 aromatic carbocycles. The summed E-state index contributed by atoms with van der Waals surface area (Å²) in [5.74, 6) is 0. The molecule has 0 radical (unpaired) electrons. The van der Waals surface area contributed by atoms with Crippen LogP contribution in [0.25, 0.3) is 21.9 Å². The molecule has 2 N–H and O–H groups in total. The van der Waals surface area contributed by atoms with E-state index >= 15 is 0 Å². The minimum Gasteiger partial charge on any atom is -0.399 e. The molecule has 18 heavy (non-hydrogen) atoms. The van der Waals surface area contributed by atoms with Crippen LogP contribution in [0.2, 0.25) is 0 Å². The first-order valence-corrected chi connectivity index (χ1v) is 5.99. The number of nitrogen functional groups attached to an aromatic ring is 1. The topological polar surface area (TPSA) is 43.8 Å². The molecule has 0 aliphatic carbocycles. The van der Waals surface area contributed by atoms with Crippen molar-refractivity contribution in [1.29, 1.82) is 0 Å². The lowest BCUT2D eigenvalue weighted by atomic mass is 10.2. The Morgan fingerprint density at radius 1 is 1.22 bits per heavy atom. The molecule has 3 rings (SSSR count). The molecule has 92 valence electrons. The lowest BCUT2D eigenvalue weighted by molar-refractivity contribution is 0.452. The Labute approximate surface area is 104 Å². The number of rotatable bonds is 3. The van der Waals surface area contributed by atoms with Crippen LogP contribution in [0.5, 0.6) is 0 Å². The number of halogens is 1. The summed E-state index contributed by atoms with van der Waals surface area (Å²) in [6, 6.07) is 9.68. The van der Waals surface area contributed by atoms with Crippen molar-refractivity contribution in [1.82, 2.24) is 9.55 Å². The van der Waals surface area contributed by atoms with Crippen molar-refractivity contribution in [2.75, 3.05) is 12.4 Å². The summed E-state index contributed by atoms with van der Waals surface area (Å²) in [4.78, 5) is 4.41. The van der Waals surface area contributed by atoms with Gasteiger partial charge in [-0.25, -0.2) is 0 Å². The molecule has 3 nitrogen and oxygen atoms in total.